The van der Waals surface area contributed by atoms with E-state index >= 15 is 0 Å². The van der Waals surface area contributed by atoms with Gasteiger partial charge in [0.2, 0.25) is 0 Å². The summed E-state index contributed by atoms with van der Waals surface area (Å²) in [5, 5.41) is 7.62. The second-order valence-corrected chi connectivity index (χ2v) is 7.19. The number of amides is 2. The monoisotopic (exact) mass is 356 g/mol. The van der Waals surface area contributed by atoms with Crippen LogP contribution < -0.4 is 10.6 Å². The lowest BCUT2D eigenvalue weighted by Crippen LogP contribution is -2.28. The maximum atomic E-state index is 11.9. The van der Waals surface area contributed by atoms with Crippen molar-refractivity contribution in [3.63, 3.8) is 0 Å². The molecule has 0 spiro atoms. The third-order valence-corrected chi connectivity index (χ3v) is 5.14. The minimum Gasteiger partial charge on any atom is -0.332 e. The second kappa shape index (κ2) is 7.94. The van der Waals surface area contributed by atoms with Gasteiger partial charge < -0.3 is 10.6 Å². The van der Waals surface area contributed by atoms with Gasteiger partial charge in [0.05, 0.1) is 12.2 Å². The van der Waals surface area contributed by atoms with Crippen molar-refractivity contribution in [2.45, 2.75) is 22.7 Å². The number of carbonyl (C=O) groups is 1. The summed E-state index contributed by atoms with van der Waals surface area (Å²) in [5.41, 5.74) is 2.59. The largest absolute Gasteiger partial charge is 0.332 e. The number of anilines is 1. The first-order valence-corrected chi connectivity index (χ1v) is 9.03. The van der Waals surface area contributed by atoms with Crippen molar-refractivity contribution in [3.05, 3.63) is 65.4 Å². The number of benzene rings is 1. The van der Waals surface area contributed by atoms with Crippen molar-refractivity contribution in [2.75, 3.05) is 5.32 Å². The van der Waals surface area contributed by atoms with Crippen LogP contribution in [0.1, 0.15) is 11.4 Å². The van der Waals surface area contributed by atoms with E-state index in [0.717, 1.165) is 26.3 Å². The van der Waals surface area contributed by atoms with Crippen LogP contribution in [0.2, 0.25) is 0 Å². The molecule has 7 heteroatoms. The SMILES string of the molecule is Cc1csc(Sc2ccc(NC(=O)NCc3ccccn3)cc2)n1. The van der Waals surface area contributed by atoms with E-state index in [1.807, 2.05) is 54.8 Å². The third kappa shape index (κ3) is 4.81. The Labute approximate surface area is 148 Å². The Morgan fingerprint density at radius 1 is 1.21 bits per heavy atom. The average molecular weight is 356 g/mol. The van der Waals surface area contributed by atoms with Crippen LogP contribution in [-0.4, -0.2) is 16.0 Å². The van der Waals surface area contributed by atoms with Gasteiger partial charge in [-0.1, -0.05) is 17.8 Å². The van der Waals surface area contributed by atoms with Gasteiger partial charge in [0.1, 0.15) is 0 Å². The first-order chi connectivity index (χ1) is 11.7. The van der Waals surface area contributed by atoms with Gasteiger partial charge in [0.15, 0.2) is 4.34 Å². The molecule has 3 aromatic rings. The second-order valence-electron chi connectivity index (χ2n) is 5.01. The molecule has 0 saturated carbocycles. The summed E-state index contributed by atoms with van der Waals surface area (Å²) in [4.78, 5) is 21.6. The molecule has 0 aliphatic heterocycles. The van der Waals surface area contributed by atoms with Crippen molar-refractivity contribution >= 4 is 34.8 Å². The van der Waals surface area contributed by atoms with E-state index in [1.165, 1.54) is 0 Å². The van der Waals surface area contributed by atoms with Crippen LogP contribution in [0.15, 0.2) is 63.3 Å². The van der Waals surface area contributed by atoms with Crippen molar-refractivity contribution in [1.82, 2.24) is 15.3 Å². The number of thiazole rings is 1. The number of hydrogen-bond acceptors (Lipinski definition) is 5. The van der Waals surface area contributed by atoms with E-state index in [1.54, 1.807) is 29.3 Å². The zero-order valence-electron chi connectivity index (χ0n) is 13.0. The van der Waals surface area contributed by atoms with Gasteiger partial charge in [0.25, 0.3) is 0 Å². The molecular weight excluding hydrogens is 340 g/mol. The standard InChI is InChI=1S/C17H16N4OS2/c1-12-11-23-17(20-12)24-15-7-5-13(6-8-15)21-16(22)19-10-14-4-2-3-9-18-14/h2-9,11H,10H2,1H3,(H2,19,21,22). The van der Waals surface area contributed by atoms with E-state index in [2.05, 4.69) is 20.6 Å². The Morgan fingerprint density at radius 3 is 2.71 bits per heavy atom. The molecular formula is C17H16N4OS2. The predicted octanol–water partition coefficient (Wildman–Crippen LogP) is 4.32. The lowest BCUT2D eigenvalue weighted by Gasteiger charge is -2.08. The number of nitrogens with one attached hydrogen (secondary N) is 2. The van der Waals surface area contributed by atoms with Crippen LogP contribution >= 0.6 is 23.1 Å². The summed E-state index contributed by atoms with van der Waals surface area (Å²) < 4.78 is 1.02. The van der Waals surface area contributed by atoms with Crippen molar-refractivity contribution < 1.29 is 4.79 Å². The number of aromatic nitrogens is 2. The number of hydrogen-bond donors (Lipinski definition) is 2. The normalized spacial score (nSPS) is 10.4. The molecule has 0 unspecified atom stereocenters. The number of pyridine rings is 1. The number of nitrogens with zero attached hydrogens (tertiary/aromatic N) is 2. The molecule has 1 aromatic carbocycles. The van der Waals surface area contributed by atoms with Crippen LogP contribution in [-0.2, 0) is 6.54 Å². The molecule has 2 amide bonds. The summed E-state index contributed by atoms with van der Waals surface area (Å²) in [6, 6.07) is 13.0. The number of aryl methyl sites for hydroxylation is 1. The molecule has 2 N–H and O–H groups in total. The Morgan fingerprint density at radius 2 is 2.04 bits per heavy atom. The molecule has 5 nitrogen and oxygen atoms in total. The molecule has 3 rings (SSSR count). The molecule has 0 fully saturated rings. The lowest BCUT2D eigenvalue weighted by atomic mass is 10.3. The van der Waals surface area contributed by atoms with Gasteiger partial charge in [-0.15, -0.1) is 11.3 Å². The molecule has 0 atom stereocenters. The third-order valence-electron chi connectivity index (χ3n) is 3.07. The van der Waals surface area contributed by atoms with Crippen LogP contribution in [0.5, 0.6) is 0 Å². The van der Waals surface area contributed by atoms with E-state index in [-0.39, 0.29) is 6.03 Å². The van der Waals surface area contributed by atoms with Crippen LogP contribution in [0.3, 0.4) is 0 Å². The van der Waals surface area contributed by atoms with Crippen LogP contribution in [0, 0.1) is 6.92 Å². The molecule has 0 aliphatic carbocycles. The molecule has 0 saturated heterocycles. The highest BCUT2D eigenvalue weighted by molar-refractivity contribution is 8.01. The molecule has 2 heterocycles. The maximum Gasteiger partial charge on any atom is 0.319 e. The van der Waals surface area contributed by atoms with Gasteiger partial charge in [-0.05, 0) is 43.3 Å². The molecule has 122 valence electrons. The predicted molar refractivity (Wildman–Crippen MR) is 97.5 cm³/mol. The summed E-state index contributed by atoms with van der Waals surface area (Å²) >= 11 is 3.24. The fraction of sp³-hybridized carbons (Fsp3) is 0.118. The summed E-state index contributed by atoms with van der Waals surface area (Å²) in [6.07, 6.45) is 1.70. The topological polar surface area (TPSA) is 66.9 Å². The fourth-order valence-corrected chi connectivity index (χ4v) is 3.74. The van der Waals surface area contributed by atoms with Crippen molar-refractivity contribution in [1.29, 1.82) is 0 Å². The van der Waals surface area contributed by atoms with E-state index in [0.29, 0.717) is 6.54 Å². The molecule has 2 aromatic heterocycles. The lowest BCUT2D eigenvalue weighted by molar-refractivity contribution is 0.251. The van der Waals surface area contributed by atoms with Crippen molar-refractivity contribution in [2.24, 2.45) is 0 Å². The minimum atomic E-state index is -0.253. The Balaban J connectivity index is 1.51. The summed E-state index contributed by atoms with van der Waals surface area (Å²) in [7, 11) is 0. The number of urea groups is 1. The number of rotatable bonds is 5. The molecule has 0 radical (unpaired) electrons. The van der Waals surface area contributed by atoms with E-state index in [4.69, 9.17) is 0 Å². The summed E-state index contributed by atoms with van der Waals surface area (Å²) in [5.74, 6) is 0. The summed E-state index contributed by atoms with van der Waals surface area (Å²) in [6.45, 7) is 2.38. The Kier molecular flexibility index (Phi) is 5.45. The zero-order valence-corrected chi connectivity index (χ0v) is 14.7. The fourth-order valence-electron chi connectivity index (χ4n) is 1.94. The Hall–Kier alpha value is -2.38. The van der Waals surface area contributed by atoms with Gasteiger partial charge in [-0.2, -0.15) is 0 Å². The molecule has 0 aliphatic rings. The highest BCUT2D eigenvalue weighted by atomic mass is 32.2. The quantitative estimate of drug-likeness (QED) is 0.714. The Bertz CT molecular complexity index is 803. The maximum absolute atomic E-state index is 11.9. The van der Waals surface area contributed by atoms with E-state index < -0.39 is 0 Å². The molecule has 24 heavy (non-hydrogen) atoms. The van der Waals surface area contributed by atoms with Crippen LogP contribution in [0.4, 0.5) is 10.5 Å². The van der Waals surface area contributed by atoms with Crippen molar-refractivity contribution in [3.8, 4) is 0 Å². The highest BCUT2D eigenvalue weighted by Crippen LogP contribution is 2.30. The minimum absolute atomic E-state index is 0.253. The zero-order chi connectivity index (χ0) is 16.8. The first kappa shape index (κ1) is 16.5. The first-order valence-electron chi connectivity index (χ1n) is 7.34. The van der Waals surface area contributed by atoms with Gasteiger partial charge >= 0.3 is 6.03 Å². The van der Waals surface area contributed by atoms with Gasteiger partial charge in [-0.25, -0.2) is 9.78 Å². The van der Waals surface area contributed by atoms with E-state index in [9.17, 15) is 4.79 Å². The smallest absolute Gasteiger partial charge is 0.319 e. The van der Waals surface area contributed by atoms with Gasteiger partial charge in [0, 0.05) is 27.9 Å². The molecule has 0 bridgehead atoms. The number of carbonyl (C=O) groups excluding carboxylic acids is 1. The van der Waals surface area contributed by atoms with Gasteiger partial charge in [-0.3, -0.25) is 4.98 Å². The average Bonchev–Trinajstić information content (AvgIpc) is 3.01. The highest BCUT2D eigenvalue weighted by Gasteiger charge is 2.04. The van der Waals surface area contributed by atoms with Crippen LogP contribution in [0.25, 0.3) is 0 Å².